The molecule has 2 amide bonds. The van der Waals surface area contributed by atoms with Crippen LogP contribution in [-0.2, 0) is 16.0 Å². The van der Waals surface area contributed by atoms with Crippen molar-refractivity contribution in [3.8, 4) is 0 Å². The Kier molecular flexibility index (Phi) is 7.78. The van der Waals surface area contributed by atoms with Gasteiger partial charge in [-0.05, 0) is 63.0 Å². The molecule has 1 aromatic carbocycles. The van der Waals surface area contributed by atoms with Crippen LogP contribution in [0.15, 0.2) is 12.1 Å². The number of aliphatic hydroxyl groups is 1. The first kappa shape index (κ1) is 26.4. The highest BCUT2D eigenvalue weighted by molar-refractivity contribution is 5.93. The zero-order chi connectivity index (χ0) is 26.2. The van der Waals surface area contributed by atoms with Crippen LogP contribution in [0.1, 0.15) is 75.8 Å². The molecule has 37 heavy (non-hydrogen) atoms. The monoisotopic (exact) mass is 514 g/mol. The van der Waals surface area contributed by atoms with Gasteiger partial charge in [0.1, 0.15) is 11.4 Å². The molecule has 3 N–H and O–H groups in total. The Bertz CT molecular complexity index is 980. The number of hydrogen-bond donors (Lipinski definition) is 3. The molecule has 2 unspecified atom stereocenters. The molecule has 0 spiro atoms. The maximum absolute atomic E-state index is 14.9. The summed E-state index contributed by atoms with van der Waals surface area (Å²) in [6.45, 7) is 5.61. The molecule has 3 fully saturated rings. The van der Waals surface area contributed by atoms with Crippen LogP contribution >= 0.6 is 0 Å². The topological polar surface area (TPSA) is 84.9 Å². The number of halogens is 1. The largest absolute Gasteiger partial charge is 0.394 e. The number of carbonyl (C=O) groups is 2. The highest BCUT2D eigenvalue weighted by atomic mass is 19.1. The third kappa shape index (κ3) is 5.11. The highest BCUT2D eigenvalue weighted by Crippen LogP contribution is 2.45. The van der Waals surface area contributed by atoms with E-state index in [1.54, 1.807) is 17.9 Å². The van der Waals surface area contributed by atoms with Gasteiger partial charge in [0.05, 0.1) is 12.6 Å². The number of anilines is 1. The third-order valence-corrected chi connectivity index (χ3v) is 9.60. The second-order valence-electron chi connectivity index (χ2n) is 11.9. The fourth-order valence-electron chi connectivity index (χ4n) is 7.52. The van der Waals surface area contributed by atoms with E-state index in [-0.39, 0.29) is 42.2 Å². The van der Waals surface area contributed by atoms with Crippen molar-refractivity contribution < 1.29 is 19.1 Å². The van der Waals surface area contributed by atoms with Gasteiger partial charge in [-0.15, -0.1) is 0 Å². The maximum atomic E-state index is 14.9. The Morgan fingerprint density at radius 2 is 1.92 bits per heavy atom. The Morgan fingerprint density at radius 3 is 2.62 bits per heavy atom. The summed E-state index contributed by atoms with van der Waals surface area (Å²) >= 11 is 0. The van der Waals surface area contributed by atoms with Gasteiger partial charge >= 0.3 is 0 Å². The number of benzene rings is 1. The van der Waals surface area contributed by atoms with Crippen LogP contribution in [0.5, 0.6) is 0 Å². The molecule has 2 aliphatic carbocycles. The van der Waals surface area contributed by atoms with Gasteiger partial charge in [0, 0.05) is 56.3 Å². The summed E-state index contributed by atoms with van der Waals surface area (Å²) in [5, 5.41) is 16.9. The van der Waals surface area contributed by atoms with Crippen molar-refractivity contribution in [1.29, 1.82) is 0 Å². The van der Waals surface area contributed by atoms with Crippen molar-refractivity contribution >= 4 is 17.5 Å². The molecule has 2 heterocycles. The molecule has 2 saturated carbocycles. The lowest BCUT2D eigenvalue weighted by Gasteiger charge is -2.46. The number of aliphatic hydroxyl groups excluding tert-OH is 1. The van der Waals surface area contributed by atoms with E-state index in [4.69, 9.17) is 0 Å². The fraction of sp³-hybridized carbons (Fsp3) is 0.724. The van der Waals surface area contributed by atoms with Crippen LogP contribution in [0.2, 0.25) is 0 Å². The quantitative estimate of drug-likeness (QED) is 0.561. The van der Waals surface area contributed by atoms with Gasteiger partial charge in [0.15, 0.2) is 0 Å². The number of carbonyl (C=O) groups excluding carboxylic acids is 2. The standard InChI is InChI=1S/C29H43FN4O3/c1-19-11-12-26(30)25-16-29(32-27(19)25,21-7-4-3-5-8-21)28(37)31-22-9-6-10-23(15-22)33-13-14-34(20(2)36)24(17-33)18-35/h11-12,21-24,32,35H,3-10,13-18H2,1-2H3,(H,31,37)/t22-,23?,24+,29?/m1/s1. The van der Waals surface area contributed by atoms with E-state index in [1.807, 2.05) is 6.92 Å². The number of nitrogens with zero attached hydrogens (tertiary/aromatic N) is 2. The first-order valence-electron chi connectivity index (χ1n) is 14.3. The average molecular weight is 515 g/mol. The van der Waals surface area contributed by atoms with Crippen LogP contribution < -0.4 is 10.6 Å². The van der Waals surface area contributed by atoms with Crippen LogP contribution in [0.25, 0.3) is 0 Å². The average Bonchev–Trinajstić information content (AvgIpc) is 3.35. The summed E-state index contributed by atoms with van der Waals surface area (Å²) < 4.78 is 14.9. The van der Waals surface area contributed by atoms with Crippen molar-refractivity contribution in [2.75, 3.05) is 31.6 Å². The van der Waals surface area contributed by atoms with E-state index >= 15 is 0 Å². The molecule has 8 heteroatoms. The molecule has 0 radical (unpaired) electrons. The minimum atomic E-state index is -0.794. The Hall–Kier alpha value is -2.19. The molecule has 0 aromatic heterocycles. The normalized spacial score (nSPS) is 31.0. The van der Waals surface area contributed by atoms with Crippen molar-refractivity contribution in [2.24, 2.45) is 5.92 Å². The molecule has 4 aliphatic rings. The molecular formula is C29H43FN4O3. The molecule has 0 bridgehead atoms. The lowest BCUT2D eigenvalue weighted by molar-refractivity contribution is -0.136. The van der Waals surface area contributed by atoms with E-state index in [9.17, 15) is 19.1 Å². The first-order chi connectivity index (χ1) is 17.8. The van der Waals surface area contributed by atoms with Crippen molar-refractivity contribution in [1.82, 2.24) is 15.1 Å². The van der Waals surface area contributed by atoms with Crippen LogP contribution in [0.4, 0.5) is 10.1 Å². The maximum Gasteiger partial charge on any atom is 0.246 e. The lowest BCUT2D eigenvalue weighted by atomic mass is 9.72. The van der Waals surface area contributed by atoms with Crippen molar-refractivity contribution in [3.63, 3.8) is 0 Å². The predicted molar refractivity (Wildman–Crippen MR) is 142 cm³/mol. The highest BCUT2D eigenvalue weighted by Gasteiger charge is 2.51. The molecule has 4 atom stereocenters. The molecule has 5 rings (SSSR count). The zero-order valence-electron chi connectivity index (χ0n) is 22.4. The number of nitrogens with one attached hydrogen (secondary N) is 2. The Morgan fingerprint density at radius 1 is 1.14 bits per heavy atom. The second-order valence-corrected chi connectivity index (χ2v) is 11.9. The van der Waals surface area contributed by atoms with E-state index < -0.39 is 5.54 Å². The molecule has 1 aromatic rings. The van der Waals surface area contributed by atoms with E-state index in [0.29, 0.717) is 31.1 Å². The lowest BCUT2D eigenvalue weighted by Crippen LogP contribution is -2.61. The van der Waals surface area contributed by atoms with Gasteiger partial charge in [-0.2, -0.15) is 0 Å². The van der Waals surface area contributed by atoms with E-state index in [2.05, 4.69) is 15.5 Å². The predicted octanol–water partition coefficient (Wildman–Crippen LogP) is 3.37. The van der Waals surface area contributed by atoms with E-state index in [1.165, 1.54) is 12.5 Å². The summed E-state index contributed by atoms with van der Waals surface area (Å²) in [7, 11) is 0. The van der Waals surface area contributed by atoms with Gasteiger partial charge < -0.3 is 20.6 Å². The SMILES string of the molecule is CC(=O)N1CCN(C2CCC[C@@H](NC(=O)C3(C4CCCCC4)Cc4c(F)ccc(C)c4N3)C2)C[C@H]1CO. The fourth-order valence-corrected chi connectivity index (χ4v) is 7.52. The molecule has 204 valence electrons. The van der Waals surface area contributed by atoms with Gasteiger partial charge in [-0.3, -0.25) is 14.5 Å². The minimum Gasteiger partial charge on any atom is -0.394 e. The number of rotatable bonds is 5. The van der Waals surface area contributed by atoms with Crippen molar-refractivity contribution in [3.05, 3.63) is 29.1 Å². The van der Waals surface area contributed by atoms with Crippen LogP contribution in [0, 0.1) is 18.7 Å². The van der Waals surface area contributed by atoms with Gasteiger partial charge in [0.25, 0.3) is 0 Å². The zero-order valence-corrected chi connectivity index (χ0v) is 22.4. The summed E-state index contributed by atoms with van der Waals surface area (Å²) in [4.78, 5) is 30.3. The van der Waals surface area contributed by atoms with Crippen LogP contribution in [-0.4, -0.2) is 76.6 Å². The number of hydrogen-bond acceptors (Lipinski definition) is 5. The van der Waals surface area contributed by atoms with E-state index in [0.717, 1.165) is 69.2 Å². The number of aryl methyl sites for hydroxylation is 1. The molecular weight excluding hydrogens is 471 g/mol. The number of amides is 2. The summed E-state index contributed by atoms with van der Waals surface area (Å²) in [5.74, 6) is 0.00294. The molecule has 7 nitrogen and oxygen atoms in total. The smallest absolute Gasteiger partial charge is 0.246 e. The van der Waals surface area contributed by atoms with Gasteiger partial charge in [0.2, 0.25) is 11.8 Å². The Balaban J connectivity index is 1.30. The second kappa shape index (κ2) is 10.9. The summed E-state index contributed by atoms with van der Waals surface area (Å²) in [5.41, 5.74) is 1.65. The first-order valence-corrected chi connectivity index (χ1v) is 14.3. The van der Waals surface area contributed by atoms with Crippen LogP contribution in [0.3, 0.4) is 0 Å². The summed E-state index contributed by atoms with van der Waals surface area (Å²) in [6.07, 6.45) is 9.72. The molecule has 1 saturated heterocycles. The molecule has 2 aliphatic heterocycles. The number of piperazine rings is 1. The minimum absolute atomic E-state index is 0.0113. The third-order valence-electron chi connectivity index (χ3n) is 9.60. The van der Waals surface area contributed by atoms with Gasteiger partial charge in [-0.25, -0.2) is 4.39 Å². The Labute approximate surface area is 220 Å². The van der Waals surface area contributed by atoms with Gasteiger partial charge in [-0.1, -0.05) is 25.3 Å². The number of fused-ring (bicyclic) bond motifs is 1. The van der Waals surface area contributed by atoms with Crippen molar-refractivity contribution in [2.45, 2.75) is 102 Å². The summed E-state index contributed by atoms with van der Waals surface area (Å²) in [6, 6.07) is 3.55.